The molecule has 1 atom stereocenters. The third-order valence-corrected chi connectivity index (χ3v) is 4.40. The molecule has 1 aromatic heterocycles. The molecule has 0 radical (unpaired) electrons. The summed E-state index contributed by atoms with van der Waals surface area (Å²) in [4.78, 5) is 8.67. The quantitative estimate of drug-likeness (QED) is 0.753. The molecule has 0 spiro atoms. The van der Waals surface area contributed by atoms with Crippen LogP contribution in [0.1, 0.15) is 18.6 Å². The smallest absolute Gasteiger partial charge is 0.171 e. The molecular formula is C15H13ClN2OS. The van der Waals surface area contributed by atoms with Crippen LogP contribution < -0.4 is 0 Å². The number of fused-ring (bicyclic) bond motifs is 1. The van der Waals surface area contributed by atoms with Crippen molar-refractivity contribution in [3.8, 4) is 0 Å². The Bertz CT molecular complexity index is 721. The van der Waals surface area contributed by atoms with E-state index in [-0.39, 0.29) is 0 Å². The van der Waals surface area contributed by atoms with E-state index >= 15 is 0 Å². The molecule has 0 aliphatic carbocycles. The van der Waals surface area contributed by atoms with E-state index in [9.17, 15) is 5.11 Å². The highest BCUT2D eigenvalue weighted by molar-refractivity contribution is 7.99. The van der Waals surface area contributed by atoms with E-state index < -0.39 is 6.10 Å². The Morgan fingerprint density at radius 2 is 2.05 bits per heavy atom. The molecule has 0 saturated carbocycles. The van der Waals surface area contributed by atoms with Crippen LogP contribution in [0.4, 0.5) is 0 Å². The Morgan fingerprint density at radius 3 is 2.75 bits per heavy atom. The molecular weight excluding hydrogens is 292 g/mol. The Labute approximate surface area is 126 Å². The normalized spacial score (nSPS) is 12.8. The second-order valence-electron chi connectivity index (χ2n) is 4.53. The Balaban J connectivity index is 1.90. The fourth-order valence-electron chi connectivity index (χ4n) is 1.94. The number of aliphatic hydroxyl groups is 1. The highest BCUT2D eigenvalue weighted by Crippen LogP contribution is 2.34. The molecule has 2 aromatic carbocycles. The third-order valence-electron chi connectivity index (χ3n) is 3.01. The summed E-state index contributed by atoms with van der Waals surface area (Å²) < 4.78 is 0. The summed E-state index contributed by atoms with van der Waals surface area (Å²) in [6.07, 6.45) is -0.516. The van der Waals surface area contributed by atoms with Gasteiger partial charge in [-0.15, -0.1) is 0 Å². The van der Waals surface area contributed by atoms with Crippen LogP contribution in [-0.4, -0.2) is 15.1 Å². The second kappa shape index (κ2) is 5.48. The molecule has 1 unspecified atom stereocenters. The maximum absolute atomic E-state index is 9.54. The van der Waals surface area contributed by atoms with Crippen LogP contribution >= 0.6 is 23.4 Å². The van der Waals surface area contributed by atoms with Crippen LogP contribution in [0.25, 0.3) is 11.0 Å². The predicted octanol–water partition coefficient (Wildman–Crippen LogP) is 4.42. The minimum Gasteiger partial charge on any atom is -0.389 e. The summed E-state index contributed by atoms with van der Waals surface area (Å²) in [6.45, 7) is 1.72. The van der Waals surface area contributed by atoms with Crippen molar-refractivity contribution in [3.63, 3.8) is 0 Å². The van der Waals surface area contributed by atoms with Crippen LogP contribution in [0.2, 0.25) is 5.02 Å². The number of halogens is 1. The molecule has 5 heteroatoms. The molecule has 3 nitrogen and oxygen atoms in total. The molecule has 0 fully saturated rings. The summed E-state index contributed by atoms with van der Waals surface area (Å²) in [5, 5.41) is 11.0. The number of rotatable bonds is 3. The van der Waals surface area contributed by atoms with E-state index in [2.05, 4.69) is 9.97 Å². The van der Waals surface area contributed by atoms with Gasteiger partial charge in [0.15, 0.2) is 5.16 Å². The summed E-state index contributed by atoms with van der Waals surface area (Å²) >= 11 is 7.73. The van der Waals surface area contributed by atoms with Gasteiger partial charge in [-0.05, 0) is 36.8 Å². The first kappa shape index (κ1) is 13.5. The minimum absolute atomic E-state index is 0.516. The van der Waals surface area contributed by atoms with E-state index in [1.807, 2.05) is 36.4 Å². The van der Waals surface area contributed by atoms with Crippen molar-refractivity contribution in [2.75, 3.05) is 0 Å². The van der Waals surface area contributed by atoms with Crippen LogP contribution in [0.5, 0.6) is 0 Å². The van der Waals surface area contributed by atoms with E-state index in [0.717, 1.165) is 26.6 Å². The predicted molar refractivity (Wildman–Crippen MR) is 82.3 cm³/mol. The van der Waals surface area contributed by atoms with Crippen LogP contribution in [-0.2, 0) is 0 Å². The van der Waals surface area contributed by atoms with Gasteiger partial charge in [0.25, 0.3) is 0 Å². The van der Waals surface area contributed by atoms with E-state index in [1.54, 1.807) is 13.0 Å². The molecule has 0 saturated heterocycles. The van der Waals surface area contributed by atoms with Gasteiger partial charge in [0.2, 0.25) is 0 Å². The number of aromatic amines is 1. The van der Waals surface area contributed by atoms with E-state index in [1.165, 1.54) is 11.8 Å². The largest absolute Gasteiger partial charge is 0.389 e. The molecule has 20 heavy (non-hydrogen) atoms. The Kier molecular flexibility index (Phi) is 3.70. The highest BCUT2D eigenvalue weighted by Gasteiger charge is 2.09. The molecule has 0 aliphatic rings. The first-order valence-electron chi connectivity index (χ1n) is 6.23. The zero-order valence-corrected chi connectivity index (χ0v) is 12.4. The second-order valence-corrected chi connectivity index (χ2v) is 5.96. The Morgan fingerprint density at radius 1 is 1.25 bits per heavy atom. The number of H-pyrrole nitrogens is 1. The SMILES string of the molecule is CC(O)c1ccc(Sc2nc3ccccc3[nH]2)c(Cl)c1. The van der Waals surface area contributed by atoms with Gasteiger partial charge in [-0.2, -0.15) is 0 Å². The number of nitrogens with zero attached hydrogens (tertiary/aromatic N) is 1. The summed E-state index contributed by atoms with van der Waals surface area (Å²) in [6, 6.07) is 13.5. The number of aromatic nitrogens is 2. The van der Waals surface area contributed by atoms with E-state index in [4.69, 9.17) is 11.6 Å². The molecule has 1 heterocycles. The number of hydrogen-bond donors (Lipinski definition) is 2. The van der Waals surface area contributed by atoms with Gasteiger partial charge >= 0.3 is 0 Å². The Hall–Kier alpha value is -1.49. The van der Waals surface area contributed by atoms with Crippen molar-refractivity contribution < 1.29 is 5.11 Å². The average Bonchev–Trinajstić information content (AvgIpc) is 2.83. The fourth-order valence-corrected chi connectivity index (χ4v) is 3.05. The lowest BCUT2D eigenvalue weighted by atomic mass is 10.1. The first-order chi connectivity index (χ1) is 9.63. The monoisotopic (exact) mass is 304 g/mol. The van der Waals surface area contributed by atoms with Crippen molar-refractivity contribution in [1.82, 2.24) is 9.97 Å². The molecule has 0 bridgehead atoms. The third kappa shape index (κ3) is 2.68. The minimum atomic E-state index is -0.516. The lowest BCUT2D eigenvalue weighted by Gasteiger charge is -2.07. The molecule has 0 aliphatic heterocycles. The van der Waals surface area contributed by atoms with Crippen LogP contribution in [0.15, 0.2) is 52.5 Å². The number of benzene rings is 2. The number of hydrogen-bond acceptors (Lipinski definition) is 3. The van der Waals surface area contributed by atoms with Gasteiger partial charge in [0, 0.05) is 4.90 Å². The van der Waals surface area contributed by atoms with Gasteiger partial charge in [-0.1, -0.05) is 41.6 Å². The topological polar surface area (TPSA) is 48.9 Å². The van der Waals surface area contributed by atoms with Gasteiger partial charge in [-0.3, -0.25) is 0 Å². The molecule has 3 aromatic rings. The lowest BCUT2D eigenvalue weighted by molar-refractivity contribution is 0.199. The lowest BCUT2D eigenvalue weighted by Crippen LogP contribution is -1.90. The molecule has 2 N–H and O–H groups in total. The number of imidazole rings is 1. The highest BCUT2D eigenvalue weighted by atomic mass is 35.5. The number of aliphatic hydroxyl groups excluding tert-OH is 1. The van der Waals surface area contributed by atoms with E-state index in [0.29, 0.717) is 5.02 Å². The standard InChI is InChI=1S/C15H13ClN2OS/c1-9(19)10-6-7-14(11(16)8-10)20-15-17-12-4-2-3-5-13(12)18-15/h2-9,19H,1H3,(H,17,18). The zero-order chi connectivity index (χ0) is 14.1. The summed E-state index contributed by atoms with van der Waals surface area (Å²) in [7, 11) is 0. The van der Waals surface area contributed by atoms with Gasteiger partial charge in [0.1, 0.15) is 0 Å². The van der Waals surface area contributed by atoms with Gasteiger partial charge < -0.3 is 10.1 Å². The van der Waals surface area contributed by atoms with Crippen molar-refractivity contribution in [2.45, 2.75) is 23.1 Å². The molecule has 102 valence electrons. The van der Waals surface area contributed by atoms with Crippen LogP contribution in [0.3, 0.4) is 0 Å². The van der Waals surface area contributed by atoms with Gasteiger partial charge in [-0.25, -0.2) is 4.98 Å². The van der Waals surface area contributed by atoms with Crippen molar-refractivity contribution in [3.05, 3.63) is 53.1 Å². The van der Waals surface area contributed by atoms with Gasteiger partial charge in [0.05, 0.1) is 22.2 Å². The number of nitrogens with one attached hydrogen (secondary N) is 1. The maximum Gasteiger partial charge on any atom is 0.171 e. The first-order valence-corrected chi connectivity index (χ1v) is 7.43. The fraction of sp³-hybridized carbons (Fsp3) is 0.133. The molecule has 0 amide bonds. The number of para-hydroxylation sites is 2. The van der Waals surface area contributed by atoms with Crippen molar-refractivity contribution >= 4 is 34.4 Å². The van der Waals surface area contributed by atoms with Crippen LogP contribution in [0, 0.1) is 0 Å². The van der Waals surface area contributed by atoms with Crippen molar-refractivity contribution in [2.24, 2.45) is 0 Å². The van der Waals surface area contributed by atoms with Crippen molar-refractivity contribution in [1.29, 1.82) is 0 Å². The maximum atomic E-state index is 9.54. The zero-order valence-electron chi connectivity index (χ0n) is 10.8. The summed E-state index contributed by atoms with van der Waals surface area (Å²) in [5.41, 5.74) is 2.75. The molecule has 3 rings (SSSR count). The average molecular weight is 305 g/mol. The summed E-state index contributed by atoms with van der Waals surface area (Å²) in [5.74, 6) is 0.